The number of aromatic nitrogens is 2. The van der Waals surface area contributed by atoms with Crippen molar-refractivity contribution in [1.82, 2.24) is 14.7 Å². The van der Waals surface area contributed by atoms with Gasteiger partial charge in [0.1, 0.15) is 0 Å². The number of thiazole rings is 1. The first-order valence-corrected chi connectivity index (χ1v) is 11.0. The summed E-state index contributed by atoms with van der Waals surface area (Å²) in [4.78, 5) is 41.3. The van der Waals surface area contributed by atoms with Crippen molar-refractivity contribution in [2.45, 2.75) is 32.1 Å². The Hall–Kier alpha value is -2.65. The second-order valence-corrected chi connectivity index (χ2v) is 9.32. The maximum absolute atomic E-state index is 12.2. The van der Waals surface area contributed by atoms with Gasteiger partial charge in [-0.25, -0.2) is 4.98 Å². The predicted molar refractivity (Wildman–Crippen MR) is 118 cm³/mol. The number of thioether (sulfide) groups is 1. The van der Waals surface area contributed by atoms with E-state index in [2.05, 4.69) is 15.6 Å². The molecule has 2 heterocycles. The number of hydrogen-bond donors (Lipinski definition) is 2. The minimum absolute atomic E-state index is 0.119. The molecule has 7 nitrogen and oxygen atoms in total. The molecule has 3 rings (SSSR count). The maximum atomic E-state index is 12.2. The van der Waals surface area contributed by atoms with Crippen molar-refractivity contribution in [3.63, 3.8) is 0 Å². The molecular weight excluding hydrogens is 408 g/mol. The van der Waals surface area contributed by atoms with Crippen LogP contribution in [-0.4, -0.2) is 32.5 Å². The number of hydrogen-bond acceptors (Lipinski definition) is 6. The van der Waals surface area contributed by atoms with Gasteiger partial charge in [0.2, 0.25) is 5.91 Å². The van der Waals surface area contributed by atoms with E-state index in [0.29, 0.717) is 27.7 Å². The van der Waals surface area contributed by atoms with Crippen LogP contribution in [0.4, 0.5) is 5.69 Å². The molecule has 0 saturated heterocycles. The standard InChI is InChI=1S/C20H22N4O3S2/c1-20(2,3)23-18(27)13-4-6-14(7-5-13)21-16(25)12-28-11-15-10-17(26)24-8-9-29-19(24)22-15/h4-10H,11-12H2,1-3H3,(H,21,25)(H,23,27). The normalized spacial score (nSPS) is 11.4. The van der Waals surface area contributed by atoms with Crippen molar-refractivity contribution in [3.05, 3.63) is 63.5 Å². The Morgan fingerprint density at radius 3 is 2.62 bits per heavy atom. The molecule has 0 aliphatic rings. The Balaban J connectivity index is 1.50. The summed E-state index contributed by atoms with van der Waals surface area (Å²) in [5.74, 6) is 0.397. The lowest BCUT2D eigenvalue weighted by atomic mass is 10.1. The van der Waals surface area contributed by atoms with E-state index in [1.165, 1.54) is 33.6 Å². The molecule has 0 spiro atoms. The van der Waals surface area contributed by atoms with Gasteiger partial charge in [-0.3, -0.25) is 18.8 Å². The molecule has 152 valence electrons. The summed E-state index contributed by atoms with van der Waals surface area (Å²) < 4.78 is 1.50. The van der Waals surface area contributed by atoms with Crippen LogP contribution in [0.2, 0.25) is 0 Å². The quantitative estimate of drug-likeness (QED) is 0.627. The van der Waals surface area contributed by atoms with Crippen LogP contribution in [0.15, 0.2) is 46.7 Å². The molecule has 0 radical (unpaired) electrons. The van der Waals surface area contributed by atoms with Crippen LogP contribution < -0.4 is 16.2 Å². The first-order chi connectivity index (χ1) is 13.7. The molecule has 29 heavy (non-hydrogen) atoms. The van der Waals surface area contributed by atoms with E-state index in [0.717, 1.165) is 0 Å². The number of fused-ring (bicyclic) bond motifs is 1. The highest BCUT2D eigenvalue weighted by Crippen LogP contribution is 2.14. The van der Waals surface area contributed by atoms with Crippen LogP contribution in [0.1, 0.15) is 36.8 Å². The number of benzene rings is 1. The van der Waals surface area contributed by atoms with Gasteiger partial charge in [0.05, 0.1) is 11.4 Å². The molecule has 0 fully saturated rings. The minimum Gasteiger partial charge on any atom is -0.347 e. The van der Waals surface area contributed by atoms with Gasteiger partial charge in [-0.05, 0) is 45.0 Å². The van der Waals surface area contributed by atoms with Crippen molar-refractivity contribution >= 4 is 45.6 Å². The molecule has 3 aromatic rings. The Bertz CT molecular complexity index is 1080. The lowest BCUT2D eigenvalue weighted by Crippen LogP contribution is -2.40. The number of carbonyl (C=O) groups excluding carboxylic acids is 2. The number of carbonyl (C=O) groups is 2. The molecule has 2 aromatic heterocycles. The van der Waals surface area contributed by atoms with Gasteiger partial charge >= 0.3 is 0 Å². The van der Waals surface area contributed by atoms with Gasteiger partial charge in [-0.1, -0.05) is 0 Å². The van der Waals surface area contributed by atoms with Crippen LogP contribution in [0.5, 0.6) is 0 Å². The average molecular weight is 431 g/mol. The Morgan fingerprint density at radius 2 is 1.93 bits per heavy atom. The second-order valence-electron chi connectivity index (χ2n) is 7.46. The second kappa shape index (κ2) is 8.79. The van der Waals surface area contributed by atoms with E-state index in [1.807, 2.05) is 26.2 Å². The van der Waals surface area contributed by atoms with E-state index < -0.39 is 0 Å². The van der Waals surface area contributed by atoms with E-state index in [-0.39, 0.29) is 28.7 Å². The average Bonchev–Trinajstić information content (AvgIpc) is 3.10. The molecule has 0 unspecified atom stereocenters. The van der Waals surface area contributed by atoms with Crippen molar-refractivity contribution in [2.75, 3.05) is 11.1 Å². The fraction of sp³-hybridized carbons (Fsp3) is 0.300. The first kappa shape index (κ1) is 21.1. The monoisotopic (exact) mass is 430 g/mol. The Kier molecular flexibility index (Phi) is 6.39. The summed E-state index contributed by atoms with van der Waals surface area (Å²) in [6.07, 6.45) is 1.69. The minimum atomic E-state index is -0.310. The molecule has 9 heteroatoms. The molecule has 0 saturated carbocycles. The SMILES string of the molecule is CC(C)(C)NC(=O)c1ccc(NC(=O)CSCc2cc(=O)n3ccsc3n2)cc1. The van der Waals surface area contributed by atoms with Crippen molar-refractivity contribution in [3.8, 4) is 0 Å². The molecule has 0 bridgehead atoms. The van der Waals surface area contributed by atoms with Gasteiger partial charge in [0.25, 0.3) is 11.5 Å². The third-order valence-electron chi connectivity index (χ3n) is 3.76. The fourth-order valence-corrected chi connectivity index (χ4v) is 3.98. The largest absolute Gasteiger partial charge is 0.347 e. The number of nitrogens with one attached hydrogen (secondary N) is 2. The molecule has 0 aliphatic heterocycles. The van der Waals surface area contributed by atoms with Gasteiger partial charge in [-0.15, -0.1) is 23.1 Å². The number of anilines is 1. The molecular formula is C20H22N4O3S2. The van der Waals surface area contributed by atoms with Gasteiger partial charge in [0.15, 0.2) is 4.96 Å². The highest BCUT2D eigenvalue weighted by atomic mass is 32.2. The summed E-state index contributed by atoms with van der Waals surface area (Å²) in [5, 5.41) is 7.51. The summed E-state index contributed by atoms with van der Waals surface area (Å²) in [7, 11) is 0. The van der Waals surface area contributed by atoms with Crippen LogP contribution in [0.3, 0.4) is 0 Å². The number of rotatable bonds is 6. The molecule has 0 atom stereocenters. The smallest absolute Gasteiger partial charge is 0.258 e. The Morgan fingerprint density at radius 1 is 1.21 bits per heavy atom. The van der Waals surface area contributed by atoms with Gasteiger partial charge < -0.3 is 10.6 Å². The molecule has 0 aliphatic carbocycles. The lowest BCUT2D eigenvalue weighted by Gasteiger charge is -2.20. The lowest BCUT2D eigenvalue weighted by molar-refractivity contribution is -0.113. The zero-order valence-corrected chi connectivity index (χ0v) is 18.0. The van der Waals surface area contributed by atoms with Gasteiger partial charge in [0, 0.05) is 40.2 Å². The summed E-state index contributed by atoms with van der Waals surface area (Å²) in [6.45, 7) is 5.76. The van der Waals surface area contributed by atoms with Gasteiger partial charge in [-0.2, -0.15) is 0 Å². The third kappa shape index (κ3) is 5.91. The van der Waals surface area contributed by atoms with Crippen LogP contribution in [0.25, 0.3) is 4.96 Å². The van der Waals surface area contributed by atoms with Crippen molar-refractivity contribution in [2.24, 2.45) is 0 Å². The van der Waals surface area contributed by atoms with Crippen molar-refractivity contribution in [1.29, 1.82) is 0 Å². The third-order valence-corrected chi connectivity index (χ3v) is 5.48. The summed E-state index contributed by atoms with van der Waals surface area (Å²) in [6, 6.07) is 8.25. The molecule has 2 N–H and O–H groups in total. The molecule has 1 aromatic carbocycles. The van der Waals surface area contributed by atoms with E-state index in [9.17, 15) is 14.4 Å². The van der Waals surface area contributed by atoms with E-state index >= 15 is 0 Å². The van der Waals surface area contributed by atoms with Crippen LogP contribution in [-0.2, 0) is 10.5 Å². The molecule has 2 amide bonds. The van der Waals surface area contributed by atoms with Crippen molar-refractivity contribution < 1.29 is 9.59 Å². The summed E-state index contributed by atoms with van der Waals surface area (Å²) >= 11 is 2.78. The Labute approximate surface area is 176 Å². The zero-order valence-electron chi connectivity index (χ0n) is 16.4. The van der Waals surface area contributed by atoms with E-state index in [1.54, 1.807) is 30.5 Å². The van der Waals surface area contributed by atoms with E-state index in [4.69, 9.17) is 0 Å². The number of amides is 2. The topological polar surface area (TPSA) is 92.6 Å². The predicted octanol–water partition coefficient (Wildman–Crippen LogP) is 3.16. The summed E-state index contributed by atoms with van der Waals surface area (Å²) in [5.41, 5.74) is 1.39. The van der Waals surface area contributed by atoms with Crippen LogP contribution in [0, 0.1) is 0 Å². The zero-order chi connectivity index (χ0) is 21.0. The highest BCUT2D eigenvalue weighted by Gasteiger charge is 2.15. The number of nitrogens with zero attached hydrogens (tertiary/aromatic N) is 2. The van der Waals surface area contributed by atoms with Crippen LogP contribution >= 0.6 is 23.1 Å². The first-order valence-electron chi connectivity index (χ1n) is 8.97. The highest BCUT2D eigenvalue weighted by molar-refractivity contribution is 7.99. The fourth-order valence-electron chi connectivity index (χ4n) is 2.52. The maximum Gasteiger partial charge on any atom is 0.258 e.